The number of hydrogen-bond donors (Lipinski definition) is 1. The van der Waals surface area contributed by atoms with E-state index in [0.29, 0.717) is 18.7 Å². The van der Waals surface area contributed by atoms with Crippen molar-refractivity contribution in [3.05, 3.63) is 41.3 Å². The molecule has 11 heteroatoms. The maximum absolute atomic E-state index is 12.6. The predicted molar refractivity (Wildman–Crippen MR) is 144 cm³/mol. The molecule has 0 saturated carbocycles. The molecule has 0 spiro atoms. The van der Waals surface area contributed by atoms with Gasteiger partial charge in [0, 0.05) is 89.0 Å². The lowest BCUT2D eigenvalue weighted by molar-refractivity contribution is 0.0651. The Morgan fingerprint density at radius 3 is 2.68 bits per heavy atom. The van der Waals surface area contributed by atoms with Crippen LogP contribution in [0.1, 0.15) is 35.7 Å². The lowest BCUT2D eigenvalue weighted by Gasteiger charge is -2.37. The number of hydrogen-bond acceptors (Lipinski definition) is 7. The summed E-state index contributed by atoms with van der Waals surface area (Å²) >= 11 is 0. The van der Waals surface area contributed by atoms with Crippen LogP contribution in [0.3, 0.4) is 0 Å². The first-order chi connectivity index (χ1) is 18.5. The number of anilines is 3. The van der Waals surface area contributed by atoms with Crippen molar-refractivity contribution in [2.45, 2.75) is 31.8 Å². The van der Waals surface area contributed by atoms with Crippen LogP contribution in [0.15, 0.2) is 24.5 Å². The molecule has 1 aromatic carbocycles. The molecule has 5 heterocycles. The summed E-state index contributed by atoms with van der Waals surface area (Å²) in [5.41, 5.74) is 6.69. The minimum Gasteiger partial charge on any atom is -0.381 e. The van der Waals surface area contributed by atoms with Crippen molar-refractivity contribution in [2.75, 3.05) is 56.7 Å². The molecule has 0 bridgehead atoms. The van der Waals surface area contributed by atoms with Gasteiger partial charge >= 0.3 is 6.03 Å². The molecule has 1 N–H and O–H groups in total. The highest BCUT2D eigenvalue weighted by Gasteiger charge is 2.35. The highest BCUT2D eigenvalue weighted by Crippen LogP contribution is 2.44. The Kier molecular flexibility index (Phi) is 6.19. The molecule has 1 saturated heterocycles. The number of amides is 2. The molecule has 3 aromatic rings. The first-order valence-corrected chi connectivity index (χ1v) is 13.2. The van der Waals surface area contributed by atoms with E-state index < -0.39 is 0 Å². The van der Waals surface area contributed by atoms with Crippen LogP contribution in [0.4, 0.5) is 22.0 Å². The molecule has 3 aliphatic heterocycles. The lowest BCUT2D eigenvalue weighted by Crippen LogP contribution is -2.42. The van der Waals surface area contributed by atoms with E-state index in [0.717, 1.165) is 79.4 Å². The number of carbonyl (C=O) groups excluding carboxylic acids is 1. The molecular weight excluding hydrogens is 482 g/mol. The zero-order valence-electron chi connectivity index (χ0n) is 22.1. The Labute approximate surface area is 222 Å². The fourth-order valence-electron chi connectivity index (χ4n) is 5.91. The number of likely N-dealkylation sites (N-methyl/N-ethyl adjacent to an activating group) is 1. The van der Waals surface area contributed by atoms with E-state index in [-0.39, 0.29) is 12.1 Å². The molecule has 2 aromatic heterocycles. The van der Waals surface area contributed by atoms with Crippen molar-refractivity contribution >= 4 is 23.2 Å². The molecule has 0 radical (unpaired) electrons. The van der Waals surface area contributed by atoms with E-state index in [1.807, 2.05) is 24.2 Å². The number of aromatic nitrogens is 4. The number of ether oxygens (including phenoxy) is 1. The summed E-state index contributed by atoms with van der Waals surface area (Å²) in [4.78, 5) is 18.9. The summed E-state index contributed by atoms with van der Waals surface area (Å²) in [7, 11) is 5.63. The Morgan fingerprint density at radius 2 is 1.97 bits per heavy atom. The van der Waals surface area contributed by atoms with Gasteiger partial charge in [0.1, 0.15) is 0 Å². The molecule has 1 fully saturated rings. The maximum Gasteiger partial charge on any atom is 0.317 e. The van der Waals surface area contributed by atoms with Crippen molar-refractivity contribution in [3.63, 3.8) is 0 Å². The normalized spacial score (nSPS) is 17.7. The number of benzene rings is 1. The van der Waals surface area contributed by atoms with Crippen LogP contribution in [-0.4, -0.2) is 77.4 Å². The van der Waals surface area contributed by atoms with Gasteiger partial charge in [-0.05, 0) is 25.0 Å². The number of aryl methyl sites for hydroxylation is 1. The average molecular weight is 516 g/mol. The van der Waals surface area contributed by atoms with Gasteiger partial charge in [-0.1, -0.05) is 0 Å². The van der Waals surface area contributed by atoms with E-state index in [4.69, 9.17) is 9.84 Å². The zero-order chi connectivity index (χ0) is 26.4. The van der Waals surface area contributed by atoms with Gasteiger partial charge in [0.25, 0.3) is 0 Å². The first kappa shape index (κ1) is 24.3. The van der Waals surface area contributed by atoms with Gasteiger partial charge in [0.15, 0.2) is 5.82 Å². The largest absolute Gasteiger partial charge is 0.381 e. The summed E-state index contributed by atoms with van der Waals surface area (Å²) < 4.78 is 9.59. The van der Waals surface area contributed by atoms with Crippen LogP contribution in [-0.2, 0) is 24.8 Å². The summed E-state index contributed by atoms with van der Waals surface area (Å²) in [6.07, 6.45) is 6.35. The Hall–Kier alpha value is -4.04. The van der Waals surface area contributed by atoms with Crippen LogP contribution in [0.25, 0.3) is 11.1 Å². The van der Waals surface area contributed by atoms with Gasteiger partial charge in [-0.15, -0.1) is 0 Å². The molecule has 0 unspecified atom stereocenters. The van der Waals surface area contributed by atoms with Crippen molar-refractivity contribution in [1.29, 1.82) is 5.26 Å². The number of fused-ring (bicyclic) bond motifs is 2. The Bertz CT molecular complexity index is 1410. The van der Waals surface area contributed by atoms with Gasteiger partial charge in [-0.2, -0.15) is 15.5 Å². The van der Waals surface area contributed by atoms with E-state index >= 15 is 0 Å². The monoisotopic (exact) mass is 515 g/mol. The van der Waals surface area contributed by atoms with Crippen LogP contribution < -0.4 is 15.1 Å². The molecular formula is C27H33N9O2. The standard InChI is InChI=1S/C27H33N9O2/c1-29-27(37)34-7-4-23-22(17-34)26(31-36(23)20-5-10-38-11-6-20)35-9-8-32(2)24-13-21(18(14-28)12-25(24)35)19-15-30-33(3)16-19/h12-13,15-16,20H,4-11,17H2,1-3H3,(H,29,37). The zero-order valence-corrected chi connectivity index (χ0v) is 22.1. The van der Waals surface area contributed by atoms with Crippen LogP contribution in [0.5, 0.6) is 0 Å². The molecule has 3 aliphatic rings. The van der Waals surface area contributed by atoms with Gasteiger partial charge < -0.3 is 24.8 Å². The number of rotatable bonds is 3. The molecule has 11 nitrogen and oxygen atoms in total. The molecule has 2 amide bonds. The second-order valence-electron chi connectivity index (χ2n) is 10.2. The number of carbonyl (C=O) groups is 1. The van der Waals surface area contributed by atoms with E-state index in [1.165, 1.54) is 5.69 Å². The summed E-state index contributed by atoms with van der Waals surface area (Å²) in [6.45, 7) is 4.18. The molecule has 6 rings (SSSR count). The number of urea groups is 1. The summed E-state index contributed by atoms with van der Waals surface area (Å²) in [5.74, 6) is 0.882. The van der Waals surface area contributed by atoms with Crippen LogP contribution in [0.2, 0.25) is 0 Å². The fourth-order valence-corrected chi connectivity index (χ4v) is 5.91. The molecule has 38 heavy (non-hydrogen) atoms. The number of nitrogens with one attached hydrogen (secondary N) is 1. The SMILES string of the molecule is CNC(=O)N1CCc2c(c(N3CCN(C)c4cc(-c5cnn(C)c5)c(C#N)cc43)nn2C2CCOCC2)C1. The summed E-state index contributed by atoms with van der Waals surface area (Å²) in [5, 5.41) is 22.4. The second-order valence-corrected chi connectivity index (χ2v) is 10.2. The highest BCUT2D eigenvalue weighted by atomic mass is 16.5. The van der Waals surface area contributed by atoms with Crippen LogP contribution in [0, 0.1) is 11.3 Å². The third-order valence-corrected chi connectivity index (χ3v) is 7.97. The predicted octanol–water partition coefficient (Wildman–Crippen LogP) is 2.79. The molecule has 0 aliphatic carbocycles. The van der Waals surface area contributed by atoms with E-state index in [2.05, 4.69) is 44.1 Å². The third kappa shape index (κ3) is 4.05. The average Bonchev–Trinajstić information content (AvgIpc) is 3.56. The molecule has 198 valence electrons. The van der Waals surface area contributed by atoms with E-state index in [1.54, 1.807) is 17.9 Å². The van der Waals surface area contributed by atoms with Crippen LogP contribution >= 0.6 is 0 Å². The first-order valence-electron chi connectivity index (χ1n) is 13.2. The maximum atomic E-state index is 12.6. The second kappa shape index (κ2) is 9.68. The lowest BCUT2D eigenvalue weighted by atomic mass is 9.98. The van der Waals surface area contributed by atoms with E-state index in [9.17, 15) is 10.1 Å². The Morgan fingerprint density at radius 1 is 1.16 bits per heavy atom. The smallest absolute Gasteiger partial charge is 0.317 e. The topological polar surface area (TPSA) is 107 Å². The summed E-state index contributed by atoms with van der Waals surface area (Å²) in [6, 6.07) is 6.69. The van der Waals surface area contributed by atoms with Crippen molar-refractivity contribution in [2.24, 2.45) is 7.05 Å². The molecule has 0 atom stereocenters. The van der Waals surface area contributed by atoms with Gasteiger partial charge in [0.05, 0.1) is 41.8 Å². The number of nitriles is 1. The van der Waals surface area contributed by atoms with Gasteiger partial charge in [-0.25, -0.2) is 4.79 Å². The van der Waals surface area contributed by atoms with Crippen molar-refractivity contribution in [3.8, 4) is 17.2 Å². The van der Waals surface area contributed by atoms with Crippen molar-refractivity contribution < 1.29 is 9.53 Å². The highest BCUT2D eigenvalue weighted by molar-refractivity contribution is 5.87. The van der Waals surface area contributed by atoms with Gasteiger partial charge in [0.2, 0.25) is 0 Å². The minimum atomic E-state index is -0.0768. The fraction of sp³-hybridized carbons (Fsp3) is 0.481. The van der Waals surface area contributed by atoms with Gasteiger partial charge in [-0.3, -0.25) is 9.36 Å². The van der Waals surface area contributed by atoms with Crippen molar-refractivity contribution in [1.82, 2.24) is 29.8 Å². The number of nitrogens with zero attached hydrogens (tertiary/aromatic N) is 8. The minimum absolute atomic E-state index is 0.0768. The Balaban J connectivity index is 1.48. The quantitative estimate of drug-likeness (QED) is 0.572. The third-order valence-electron chi connectivity index (χ3n) is 7.97.